The van der Waals surface area contributed by atoms with Crippen LogP contribution in [0, 0.1) is 0 Å². The third-order valence-electron chi connectivity index (χ3n) is 2.25. The first-order valence-corrected chi connectivity index (χ1v) is 5.04. The molecule has 1 aromatic carbocycles. The van der Waals surface area contributed by atoms with Crippen molar-refractivity contribution in [2.45, 2.75) is 6.92 Å². The second-order valence-electron chi connectivity index (χ2n) is 3.34. The average molecular weight is 256 g/mol. The van der Waals surface area contributed by atoms with Gasteiger partial charge in [-0.3, -0.25) is 0 Å². The van der Waals surface area contributed by atoms with Crippen LogP contribution in [0.25, 0.3) is 10.8 Å². The summed E-state index contributed by atoms with van der Waals surface area (Å²) in [6.07, 6.45) is 0. The summed E-state index contributed by atoms with van der Waals surface area (Å²) in [5, 5.41) is 11.3. The number of fused-ring (bicyclic) bond motifs is 1. The van der Waals surface area contributed by atoms with Crippen LogP contribution in [0.5, 0.6) is 5.75 Å². The average Bonchev–Trinajstić information content (AvgIpc) is 2.29. The number of carbonyl (C=O) groups excluding carboxylic acids is 1. The SMILES string of the molecule is CCOc1cccc2cc(C(=O)[O-])oc(=O)c12.[Na+]. The van der Waals surface area contributed by atoms with Gasteiger partial charge in [0.15, 0.2) is 5.76 Å². The number of ether oxygens (including phenoxy) is 1. The summed E-state index contributed by atoms with van der Waals surface area (Å²) in [6.45, 7) is 2.19. The zero-order chi connectivity index (χ0) is 12.4. The van der Waals surface area contributed by atoms with E-state index < -0.39 is 17.4 Å². The van der Waals surface area contributed by atoms with Crippen LogP contribution in [-0.4, -0.2) is 12.6 Å². The summed E-state index contributed by atoms with van der Waals surface area (Å²) in [7, 11) is 0. The number of carboxylic acids is 1. The third kappa shape index (κ3) is 2.75. The Hall–Kier alpha value is -1.30. The molecule has 0 amide bonds. The smallest absolute Gasteiger partial charge is 0.542 e. The van der Waals surface area contributed by atoms with Crippen LogP contribution in [0.2, 0.25) is 0 Å². The summed E-state index contributed by atoms with van der Waals surface area (Å²) < 4.78 is 9.92. The van der Waals surface area contributed by atoms with Crippen LogP contribution >= 0.6 is 0 Å². The van der Waals surface area contributed by atoms with Crippen molar-refractivity contribution in [3.05, 3.63) is 40.4 Å². The minimum atomic E-state index is -1.52. The van der Waals surface area contributed by atoms with Gasteiger partial charge in [0.25, 0.3) is 0 Å². The molecule has 5 nitrogen and oxygen atoms in total. The Morgan fingerprint density at radius 3 is 2.78 bits per heavy atom. The van der Waals surface area contributed by atoms with Gasteiger partial charge in [0.05, 0.1) is 6.61 Å². The number of carbonyl (C=O) groups is 1. The molecule has 0 N–H and O–H groups in total. The first-order chi connectivity index (χ1) is 8.13. The molecule has 0 saturated carbocycles. The zero-order valence-electron chi connectivity index (χ0n) is 10.1. The monoisotopic (exact) mass is 256 g/mol. The molecule has 0 aliphatic carbocycles. The maximum absolute atomic E-state index is 11.7. The molecule has 6 heteroatoms. The normalized spacial score (nSPS) is 9.83. The van der Waals surface area contributed by atoms with Gasteiger partial charge in [0.2, 0.25) is 0 Å². The molecule has 18 heavy (non-hydrogen) atoms. The summed E-state index contributed by atoms with van der Waals surface area (Å²) in [5.41, 5.74) is -0.745. The van der Waals surface area contributed by atoms with Gasteiger partial charge in [-0.2, -0.15) is 0 Å². The molecule has 0 unspecified atom stereocenters. The second kappa shape index (κ2) is 6.04. The van der Waals surface area contributed by atoms with Crippen LogP contribution < -0.4 is 45.0 Å². The van der Waals surface area contributed by atoms with Gasteiger partial charge in [-0.1, -0.05) is 12.1 Å². The van der Waals surface area contributed by atoms with Gasteiger partial charge in [-0.05, 0) is 24.4 Å². The molecule has 0 aliphatic rings. The number of benzene rings is 1. The van der Waals surface area contributed by atoms with Crippen LogP contribution in [-0.2, 0) is 0 Å². The van der Waals surface area contributed by atoms with Crippen LogP contribution in [0.15, 0.2) is 33.5 Å². The molecule has 88 valence electrons. The van der Waals surface area contributed by atoms with Crippen molar-refractivity contribution in [3.8, 4) is 5.75 Å². The van der Waals surface area contributed by atoms with E-state index in [-0.39, 0.29) is 34.9 Å². The van der Waals surface area contributed by atoms with E-state index >= 15 is 0 Å². The van der Waals surface area contributed by atoms with Crippen molar-refractivity contribution in [1.82, 2.24) is 0 Å². The van der Waals surface area contributed by atoms with E-state index in [1.165, 1.54) is 6.07 Å². The Morgan fingerprint density at radius 1 is 1.44 bits per heavy atom. The van der Waals surface area contributed by atoms with Crippen molar-refractivity contribution in [3.63, 3.8) is 0 Å². The molecule has 2 aromatic rings. The summed E-state index contributed by atoms with van der Waals surface area (Å²) in [5.74, 6) is -1.63. The van der Waals surface area contributed by atoms with Gasteiger partial charge in [-0.15, -0.1) is 0 Å². The quantitative estimate of drug-likeness (QED) is 0.570. The standard InChI is InChI=1S/C12H10O5.Na/c1-2-16-8-5-3-4-7-6-9(11(13)14)17-12(15)10(7)8;/h3-6H,2H2,1H3,(H,13,14);/q;+1/p-1. The number of hydrogen-bond donors (Lipinski definition) is 0. The minimum absolute atomic E-state index is 0. The predicted octanol–water partition coefficient (Wildman–Crippen LogP) is -2.44. The van der Waals surface area contributed by atoms with Crippen LogP contribution in [0.3, 0.4) is 0 Å². The number of rotatable bonds is 3. The molecule has 2 rings (SSSR count). The number of aromatic carboxylic acids is 1. The van der Waals surface area contributed by atoms with Crippen molar-refractivity contribution in [1.29, 1.82) is 0 Å². The van der Waals surface area contributed by atoms with Gasteiger partial charge in [0, 0.05) is 0 Å². The second-order valence-corrected chi connectivity index (χ2v) is 3.34. The fraction of sp³-hybridized carbons (Fsp3) is 0.167. The summed E-state index contributed by atoms with van der Waals surface area (Å²) in [6, 6.07) is 6.16. The van der Waals surface area contributed by atoms with Gasteiger partial charge in [0.1, 0.15) is 17.1 Å². The first kappa shape index (κ1) is 14.8. The van der Waals surface area contributed by atoms with Crippen molar-refractivity contribution < 1.29 is 48.6 Å². The van der Waals surface area contributed by atoms with E-state index in [1.54, 1.807) is 25.1 Å². The minimum Gasteiger partial charge on any atom is -0.542 e. The Morgan fingerprint density at radius 2 is 2.17 bits per heavy atom. The molecular formula is C12H9NaO5. The molecule has 0 bridgehead atoms. The molecule has 1 aromatic heterocycles. The summed E-state index contributed by atoms with van der Waals surface area (Å²) >= 11 is 0. The van der Waals surface area contributed by atoms with Crippen molar-refractivity contribution in [2.75, 3.05) is 6.61 Å². The molecule has 0 saturated heterocycles. The van der Waals surface area contributed by atoms with Crippen LogP contribution in [0.4, 0.5) is 0 Å². The molecule has 0 aliphatic heterocycles. The molecule has 0 spiro atoms. The molecule has 0 radical (unpaired) electrons. The summed E-state index contributed by atoms with van der Waals surface area (Å²) in [4.78, 5) is 22.3. The third-order valence-corrected chi connectivity index (χ3v) is 2.25. The van der Waals surface area contributed by atoms with E-state index in [4.69, 9.17) is 4.74 Å². The Balaban J connectivity index is 0.00000162. The topological polar surface area (TPSA) is 79.6 Å². The van der Waals surface area contributed by atoms with Gasteiger partial charge in [-0.25, -0.2) is 4.79 Å². The Kier molecular flexibility index (Phi) is 4.95. The predicted molar refractivity (Wildman–Crippen MR) is 58.0 cm³/mol. The van der Waals surface area contributed by atoms with Crippen LogP contribution in [0.1, 0.15) is 17.5 Å². The maximum atomic E-state index is 11.7. The molecular weight excluding hydrogens is 247 g/mol. The van der Waals surface area contributed by atoms with Gasteiger partial charge >= 0.3 is 35.2 Å². The van der Waals surface area contributed by atoms with E-state index in [0.29, 0.717) is 17.7 Å². The zero-order valence-corrected chi connectivity index (χ0v) is 12.1. The first-order valence-electron chi connectivity index (χ1n) is 5.04. The van der Waals surface area contributed by atoms with E-state index in [0.717, 1.165) is 0 Å². The fourth-order valence-corrected chi connectivity index (χ4v) is 1.58. The number of carboxylic acid groups (broad SMARTS) is 1. The molecule has 0 atom stereocenters. The van der Waals surface area contributed by atoms with E-state index in [1.807, 2.05) is 0 Å². The molecule has 1 heterocycles. The fourth-order valence-electron chi connectivity index (χ4n) is 1.58. The Labute approximate surface area is 125 Å². The maximum Gasteiger partial charge on any atom is 1.00 e. The number of hydrogen-bond acceptors (Lipinski definition) is 5. The van der Waals surface area contributed by atoms with Crippen molar-refractivity contribution in [2.24, 2.45) is 0 Å². The van der Waals surface area contributed by atoms with Crippen molar-refractivity contribution >= 4 is 16.7 Å². The van der Waals surface area contributed by atoms with E-state index in [9.17, 15) is 14.7 Å². The van der Waals surface area contributed by atoms with E-state index in [2.05, 4.69) is 4.42 Å². The Bertz CT molecular complexity index is 632. The largest absolute Gasteiger partial charge is 1.00 e. The van der Waals surface area contributed by atoms with Gasteiger partial charge < -0.3 is 19.1 Å². The molecule has 0 fully saturated rings.